The largest absolute Gasteiger partial charge is 0.309 e. The van der Waals surface area contributed by atoms with Gasteiger partial charge in [0.2, 0.25) is 0 Å². The first-order valence-corrected chi connectivity index (χ1v) is 4.37. The highest BCUT2D eigenvalue weighted by molar-refractivity contribution is 6.33. The molecule has 0 aromatic rings. The van der Waals surface area contributed by atoms with Crippen molar-refractivity contribution < 1.29 is 4.79 Å². The van der Waals surface area contributed by atoms with Gasteiger partial charge < -0.3 is 4.90 Å². The van der Waals surface area contributed by atoms with Crippen LogP contribution in [0.25, 0.3) is 0 Å². The monoisotopic (exact) mass is 189 g/mol. The van der Waals surface area contributed by atoms with Crippen LogP contribution in [-0.4, -0.2) is 36.7 Å². The number of allylic oxidation sites excluding steroid dienone is 1. The summed E-state index contributed by atoms with van der Waals surface area (Å²) in [5.41, 5.74) is 0.536. The van der Waals surface area contributed by atoms with Crippen molar-refractivity contribution in [3.63, 3.8) is 0 Å². The van der Waals surface area contributed by atoms with Gasteiger partial charge in [-0.3, -0.25) is 4.79 Å². The van der Waals surface area contributed by atoms with Crippen LogP contribution >= 0.6 is 11.6 Å². The number of hydrogen-bond donors (Lipinski definition) is 0. The van der Waals surface area contributed by atoms with Crippen molar-refractivity contribution in [1.29, 1.82) is 0 Å². The SMILES string of the molecule is C=C(C)C(=O)C(Cl)CCN(C)C. The van der Waals surface area contributed by atoms with E-state index in [1.807, 2.05) is 19.0 Å². The Morgan fingerprint density at radius 2 is 2.08 bits per heavy atom. The highest BCUT2D eigenvalue weighted by Crippen LogP contribution is 2.08. The summed E-state index contributed by atoms with van der Waals surface area (Å²) in [5, 5.41) is -0.412. The third-order valence-electron chi connectivity index (χ3n) is 1.53. The van der Waals surface area contributed by atoms with Crippen LogP contribution < -0.4 is 0 Å². The lowest BCUT2D eigenvalue weighted by molar-refractivity contribution is -0.115. The summed E-state index contributed by atoms with van der Waals surface area (Å²) in [7, 11) is 3.91. The van der Waals surface area contributed by atoms with E-state index in [2.05, 4.69) is 6.58 Å². The fraction of sp³-hybridized carbons (Fsp3) is 0.667. The summed E-state index contributed by atoms with van der Waals surface area (Å²) < 4.78 is 0. The second-order valence-electron chi connectivity index (χ2n) is 3.20. The molecular weight excluding hydrogens is 174 g/mol. The lowest BCUT2D eigenvalue weighted by Crippen LogP contribution is -2.22. The van der Waals surface area contributed by atoms with Gasteiger partial charge >= 0.3 is 0 Å². The van der Waals surface area contributed by atoms with Crippen molar-refractivity contribution in [1.82, 2.24) is 4.90 Å². The maximum absolute atomic E-state index is 11.2. The molecule has 0 rings (SSSR count). The standard InChI is InChI=1S/C9H16ClNO/c1-7(2)9(12)8(10)5-6-11(3)4/h8H,1,5-6H2,2-4H3. The Bertz CT molecular complexity index is 177. The molecule has 70 valence electrons. The van der Waals surface area contributed by atoms with Gasteiger partial charge in [-0.15, -0.1) is 11.6 Å². The number of ketones is 1. The van der Waals surface area contributed by atoms with E-state index in [-0.39, 0.29) is 5.78 Å². The van der Waals surface area contributed by atoms with Crippen molar-refractivity contribution in [3.05, 3.63) is 12.2 Å². The van der Waals surface area contributed by atoms with Gasteiger partial charge in [0.15, 0.2) is 5.78 Å². The molecule has 0 aromatic heterocycles. The summed E-state index contributed by atoms with van der Waals surface area (Å²) in [6.07, 6.45) is 0.681. The number of alkyl halides is 1. The molecule has 2 nitrogen and oxygen atoms in total. The fourth-order valence-electron chi connectivity index (χ4n) is 0.770. The Hall–Kier alpha value is -0.340. The first-order valence-electron chi connectivity index (χ1n) is 3.93. The van der Waals surface area contributed by atoms with Crippen molar-refractivity contribution in [2.24, 2.45) is 0 Å². The molecule has 0 aliphatic heterocycles. The molecule has 1 unspecified atom stereocenters. The van der Waals surface area contributed by atoms with Crippen LogP contribution in [-0.2, 0) is 4.79 Å². The van der Waals surface area contributed by atoms with E-state index in [1.165, 1.54) is 0 Å². The second-order valence-corrected chi connectivity index (χ2v) is 3.73. The van der Waals surface area contributed by atoms with Crippen LogP contribution in [0, 0.1) is 0 Å². The van der Waals surface area contributed by atoms with Gasteiger partial charge in [0.05, 0.1) is 5.38 Å². The molecule has 12 heavy (non-hydrogen) atoms. The van der Waals surface area contributed by atoms with Gasteiger partial charge in [-0.2, -0.15) is 0 Å². The quantitative estimate of drug-likeness (QED) is 0.485. The number of Topliss-reactive ketones (excluding diaryl/α,β-unsaturated/α-hetero) is 1. The van der Waals surface area contributed by atoms with Gasteiger partial charge in [0, 0.05) is 0 Å². The van der Waals surface area contributed by atoms with E-state index in [1.54, 1.807) is 6.92 Å². The molecule has 0 N–H and O–H groups in total. The van der Waals surface area contributed by atoms with Crippen molar-refractivity contribution >= 4 is 17.4 Å². The maximum Gasteiger partial charge on any atom is 0.175 e. The Morgan fingerprint density at radius 1 is 1.58 bits per heavy atom. The topological polar surface area (TPSA) is 20.3 Å². The van der Waals surface area contributed by atoms with Crippen LogP contribution in [0.15, 0.2) is 12.2 Å². The number of halogens is 1. The first kappa shape index (κ1) is 11.7. The molecule has 0 amide bonds. The number of carbonyl (C=O) groups is 1. The minimum absolute atomic E-state index is 0.0430. The number of hydrogen-bond acceptors (Lipinski definition) is 2. The van der Waals surface area contributed by atoms with E-state index in [0.29, 0.717) is 12.0 Å². The lowest BCUT2D eigenvalue weighted by Gasteiger charge is -2.12. The molecule has 0 bridgehead atoms. The van der Waals surface area contributed by atoms with Crippen LogP contribution in [0.4, 0.5) is 0 Å². The number of nitrogens with zero attached hydrogens (tertiary/aromatic N) is 1. The average molecular weight is 190 g/mol. The third-order valence-corrected chi connectivity index (χ3v) is 1.95. The highest BCUT2D eigenvalue weighted by atomic mass is 35.5. The van der Waals surface area contributed by atoms with Crippen LogP contribution in [0.3, 0.4) is 0 Å². The van der Waals surface area contributed by atoms with Gasteiger partial charge in [0.25, 0.3) is 0 Å². The smallest absolute Gasteiger partial charge is 0.175 e. The molecule has 0 heterocycles. The molecule has 0 aromatic carbocycles. The van der Waals surface area contributed by atoms with Crippen LogP contribution in [0.5, 0.6) is 0 Å². The Morgan fingerprint density at radius 3 is 2.42 bits per heavy atom. The average Bonchev–Trinajstić information content (AvgIpc) is 1.98. The van der Waals surface area contributed by atoms with Gasteiger partial charge in [-0.25, -0.2) is 0 Å². The maximum atomic E-state index is 11.2. The van der Waals surface area contributed by atoms with E-state index in [0.717, 1.165) is 6.54 Å². The summed E-state index contributed by atoms with van der Waals surface area (Å²) in [6.45, 7) is 6.07. The lowest BCUT2D eigenvalue weighted by atomic mass is 10.1. The Kier molecular flexibility index (Phi) is 5.18. The minimum atomic E-state index is -0.412. The zero-order valence-corrected chi connectivity index (χ0v) is 8.69. The third kappa shape index (κ3) is 4.52. The van der Waals surface area contributed by atoms with E-state index in [9.17, 15) is 4.79 Å². The molecule has 0 fully saturated rings. The van der Waals surface area contributed by atoms with Crippen LogP contribution in [0.2, 0.25) is 0 Å². The predicted octanol–water partition coefficient (Wildman–Crippen LogP) is 1.69. The van der Waals surface area contributed by atoms with E-state index >= 15 is 0 Å². The zero-order chi connectivity index (χ0) is 9.72. The van der Waals surface area contributed by atoms with Crippen LogP contribution in [0.1, 0.15) is 13.3 Å². The summed E-state index contributed by atoms with van der Waals surface area (Å²) >= 11 is 5.83. The molecular formula is C9H16ClNO. The fourth-order valence-corrected chi connectivity index (χ4v) is 1.05. The number of carbonyl (C=O) groups excluding carboxylic acids is 1. The van der Waals surface area contributed by atoms with Gasteiger partial charge in [-0.05, 0) is 39.6 Å². The predicted molar refractivity (Wildman–Crippen MR) is 52.6 cm³/mol. The van der Waals surface area contributed by atoms with Crippen molar-refractivity contribution in [2.45, 2.75) is 18.7 Å². The van der Waals surface area contributed by atoms with Crippen molar-refractivity contribution in [3.8, 4) is 0 Å². The summed E-state index contributed by atoms with van der Waals surface area (Å²) in [4.78, 5) is 13.2. The van der Waals surface area contributed by atoms with E-state index < -0.39 is 5.38 Å². The molecule has 0 aliphatic carbocycles. The normalized spacial score (nSPS) is 13.1. The minimum Gasteiger partial charge on any atom is -0.309 e. The Balaban J connectivity index is 3.80. The molecule has 0 radical (unpaired) electrons. The summed E-state index contributed by atoms with van der Waals surface area (Å²) in [5.74, 6) is -0.0430. The van der Waals surface area contributed by atoms with Gasteiger partial charge in [-0.1, -0.05) is 6.58 Å². The van der Waals surface area contributed by atoms with E-state index in [4.69, 9.17) is 11.6 Å². The zero-order valence-electron chi connectivity index (χ0n) is 7.93. The van der Waals surface area contributed by atoms with Crippen molar-refractivity contribution in [2.75, 3.05) is 20.6 Å². The molecule has 0 spiro atoms. The second kappa shape index (κ2) is 5.33. The molecule has 3 heteroatoms. The highest BCUT2D eigenvalue weighted by Gasteiger charge is 2.15. The molecule has 0 saturated carbocycles. The number of rotatable bonds is 5. The summed E-state index contributed by atoms with van der Waals surface area (Å²) in [6, 6.07) is 0. The van der Waals surface area contributed by atoms with Gasteiger partial charge in [0.1, 0.15) is 0 Å². The molecule has 0 saturated heterocycles. The molecule has 1 atom stereocenters. The first-order chi connectivity index (χ1) is 5.45. The Labute approximate surface area is 79.2 Å². The molecule has 0 aliphatic rings.